The highest BCUT2D eigenvalue weighted by atomic mass is 35.5. The fourth-order valence-electron chi connectivity index (χ4n) is 2.33. The average Bonchev–Trinajstić information content (AvgIpc) is 2.99. The Bertz CT molecular complexity index is 598. The maximum atomic E-state index is 6.29. The number of ether oxygens (including phenoxy) is 2. The number of nitrogens with one attached hydrogen (secondary N) is 1. The average molecular weight is 308 g/mol. The summed E-state index contributed by atoms with van der Waals surface area (Å²) in [5, 5.41) is 4.06. The van der Waals surface area contributed by atoms with Crippen LogP contribution in [0.4, 0.5) is 5.69 Å². The van der Waals surface area contributed by atoms with Gasteiger partial charge in [-0.25, -0.2) is 0 Å². The summed E-state index contributed by atoms with van der Waals surface area (Å²) in [6.07, 6.45) is 3.55. The smallest absolute Gasteiger partial charge is 0.163 e. The van der Waals surface area contributed by atoms with Crippen LogP contribution in [0.15, 0.2) is 34.9 Å². The van der Waals surface area contributed by atoms with Crippen molar-refractivity contribution in [3.8, 4) is 11.5 Å². The van der Waals surface area contributed by atoms with Crippen molar-refractivity contribution >= 4 is 17.3 Å². The first kappa shape index (κ1) is 14.1. The summed E-state index contributed by atoms with van der Waals surface area (Å²) in [5.41, 5.74) is 0.868. The first-order valence-corrected chi connectivity index (χ1v) is 7.48. The number of halogens is 1. The van der Waals surface area contributed by atoms with Gasteiger partial charge < -0.3 is 19.2 Å². The number of fused-ring (bicyclic) bond motifs is 1. The lowest BCUT2D eigenvalue weighted by Gasteiger charge is -2.22. The van der Waals surface area contributed by atoms with E-state index in [1.165, 1.54) is 0 Å². The summed E-state index contributed by atoms with van der Waals surface area (Å²) >= 11 is 6.29. The number of hydrogen-bond acceptors (Lipinski definition) is 4. The molecule has 0 amide bonds. The number of rotatable bonds is 5. The van der Waals surface area contributed by atoms with Crippen LogP contribution in [-0.2, 0) is 6.42 Å². The molecule has 0 radical (unpaired) electrons. The van der Waals surface area contributed by atoms with Gasteiger partial charge in [-0.3, -0.25) is 0 Å². The van der Waals surface area contributed by atoms with E-state index in [-0.39, 0.29) is 6.04 Å². The van der Waals surface area contributed by atoms with Crippen molar-refractivity contribution in [3.05, 3.63) is 41.3 Å². The molecule has 1 atom stereocenters. The van der Waals surface area contributed by atoms with Crippen LogP contribution >= 0.6 is 11.6 Å². The predicted molar refractivity (Wildman–Crippen MR) is 82.6 cm³/mol. The molecule has 0 bridgehead atoms. The number of hydrogen-bond donors (Lipinski definition) is 1. The van der Waals surface area contributed by atoms with Gasteiger partial charge >= 0.3 is 0 Å². The summed E-state index contributed by atoms with van der Waals surface area (Å²) in [7, 11) is 0. The zero-order valence-electron chi connectivity index (χ0n) is 11.9. The first-order chi connectivity index (χ1) is 10.2. The lowest BCUT2D eigenvalue weighted by Crippen LogP contribution is -2.18. The summed E-state index contributed by atoms with van der Waals surface area (Å²) in [4.78, 5) is 0. The minimum Gasteiger partial charge on any atom is -0.486 e. The lowest BCUT2D eigenvalue weighted by atomic mass is 10.1. The second-order valence-corrected chi connectivity index (χ2v) is 5.55. The van der Waals surface area contributed by atoms with E-state index in [4.69, 9.17) is 25.5 Å². The predicted octanol–water partition coefficient (Wildman–Crippen LogP) is 4.14. The summed E-state index contributed by atoms with van der Waals surface area (Å²) in [6.45, 7) is 3.26. The van der Waals surface area contributed by atoms with E-state index in [9.17, 15) is 0 Å². The zero-order valence-corrected chi connectivity index (χ0v) is 12.7. The van der Waals surface area contributed by atoms with Crippen molar-refractivity contribution < 1.29 is 13.9 Å². The first-order valence-electron chi connectivity index (χ1n) is 7.10. The molecule has 4 nitrogen and oxygen atoms in total. The summed E-state index contributed by atoms with van der Waals surface area (Å²) in [6, 6.07) is 7.88. The normalized spacial score (nSPS) is 14.8. The molecule has 1 unspecified atom stereocenters. The maximum Gasteiger partial charge on any atom is 0.163 e. The molecule has 0 spiro atoms. The molecule has 1 aliphatic heterocycles. The van der Waals surface area contributed by atoms with Crippen LogP contribution in [0.1, 0.15) is 19.1 Å². The van der Waals surface area contributed by atoms with Gasteiger partial charge in [-0.15, -0.1) is 0 Å². The van der Waals surface area contributed by atoms with Gasteiger partial charge in [0.15, 0.2) is 11.5 Å². The molecular weight excluding hydrogens is 290 g/mol. The molecule has 1 aliphatic rings. The minimum absolute atomic E-state index is 0.273. The Hall–Kier alpha value is -1.81. The van der Waals surface area contributed by atoms with Crippen LogP contribution in [-0.4, -0.2) is 19.3 Å². The highest BCUT2D eigenvalue weighted by Gasteiger charge is 2.16. The van der Waals surface area contributed by atoms with Gasteiger partial charge in [0.1, 0.15) is 19.0 Å². The number of benzene rings is 1. The molecule has 112 valence electrons. The molecule has 0 saturated heterocycles. The lowest BCUT2D eigenvalue weighted by molar-refractivity contribution is 0.171. The largest absolute Gasteiger partial charge is 0.486 e. The number of anilines is 1. The van der Waals surface area contributed by atoms with Crippen LogP contribution in [0.3, 0.4) is 0 Å². The topological polar surface area (TPSA) is 43.6 Å². The Morgan fingerprint density at radius 3 is 2.71 bits per heavy atom. The Balaban J connectivity index is 1.63. The molecule has 1 N–H and O–H groups in total. The standard InChI is InChI=1S/C16H18ClNO3/c1-11(4-5-12-3-2-6-19-12)18-14-10-16-15(9-13(14)17)20-7-8-21-16/h2-3,6,9-11,18H,4-5,7-8H2,1H3. The Morgan fingerprint density at radius 2 is 2.00 bits per heavy atom. The van der Waals surface area contributed by atoms with Crippen LogP contribution in [0.5, 0.6) is 11.5 Å². The minimum atomic E-state index is 0.273. The third-order valence-electron chi connectivity index (χ3n) is 3.44. The fraction of sp³-hybridized carbons (Fsp3) is 0.375. The van der Waals surface area contributed by atoms with Gasteiger partial charge in [0.05, 0.1) is 17.0 Å². The molecule has 2 aromatic rings. The van der Waals surface area contributed by atoms with E-state index in [1.807, 2.05) is 18.2 Å². The molecule has 0 fully saturated rings. The van der Waals surface area contributed by atoms with Gasteiger partial charge in [-0.1, -0.05) is 11.6 Å². The quantitative estimate of drug-likeness (QED) is 0.901. The molecule has 0 aliphatic carbocycles. The van der Waals surface area contributed by atoms with Gasteiger partial charge in [0, 0.05) is 24.6 Å². The highest BCUT2D eigenvalue weighted by Crippen LogP contribution is 2.38. The Morgan fingerprint density at radius 1 is 1.24 bits per heavy atom. The monoisotopic (exact) mass is 307 g/mol. The van der Waals surface area contributed by atoms with E-state index < -0.39 is 0 Å². The maximum absolute atomic E-state index is 6.29. The Labute approximate surface area is 129 Å². The highest BCUT2D eigenvalue weighted by molar-refractivity contribution is 6.33. The van der Waals surface area contributed by atoms with Crippen LogP contribution in [0.25, 0.3) is 0 Å². The van der Waals surface area contributed by atoms with Gasteiger partial charge in [-0.2, -0.15) is 0 Å². The fourth-order valence-corrected chi connectivity index (χ4v) is 2.53. The molecule has 3 rings (SSSR count). The van der Waals surface area contributed by atoms with Crippen molar-refractivity contribution in [1.29, 1.82) is 0 Å². The third-order valence-corrected chi connectivity index (χ3v) is 3.75. The Kier molecular flexibility index (Phi) is 4.25. The second kappa shape index (κ2) is 6.31. The van der Waals surface area contributed by atoms with E-state index in [0.29, 0.717) is 24.0 Å². The zero-order chi connectivity index (χ0) is 14.7. The van der Waals surface area contributed by atoms with Crippen molar-refractivity contribution in [1.82, 2.24) is 0 Å². The van der Waals surface area contributed by atoms with Gasteiger partial charge in [-0.05, 0) is 25.5 Å². The SMILES string of the molecule is CC(CCc1ccco1)Nc1cc2c(cc1Cl)OCCO2. The molecule has 1 aromatic carbocycles. The van der Waals surface area contributed by atoms with E-state index in [0.717, 1.165) is 30.0 Å². The van der Waals surface area contributed by atoms with Gasteiger partial charge in [0.2, 0.25) is 0 Å². The van der Waals surface area contributed by atoms with Crippen LogP contribution < -0.4 is 14.8 Å². The van der Waals surface area contributed by atoms with Crippen molar-refractivity contribution in [2.24, 2.45) is 0 Å². The van der Waals surface area contributed by atoms with E-state index >= 15 is 0 Å². The third kappa shape index (κ3) is 3.45. The summed E-state index contributed by atoms with van der Waals surface area (Å²) < 4.78 is 16.4. The molecular formula is C16H18ClNO3. The van der Waals surface area contributed by atoms with Crippen LogP contribution in [0, 0.1) is 0 Å². The van der Waals surface area contributed by atoms with Crippen LogP contribution in [0.2, 0.25) is 5.02 Å². The number of aryl methyl sites for hydroxylation is 1. The van der Waals surface area contributed by atoms with E-state index in [2.05, 4.69) is 12.2 Å². The second-order valence-electron chi connectivity index (χ2n) is 5.14. The number of furan rings is 1. The van der Waals surface area contributed by atoms with Crippen molar-refractivity contribution in [3.63, 3.8) is 0 Å². The molecule has 21 heavy (non-hydrogen) atoms. The molecule has 1 aromatic heterocycles. The van der Waals surface area contributed by atoms with E-state index in [1.54, 1.807) is 12.3 Å². The molecule has 2 heterocycles. The molecule has 0 saturated carbocycles. The molecule has 5 heteroatoms. The summed E-state index contributed by atoms with van der Waals surface area (Å²) in [5.74, 6) is 2.45. The van der Waals surface area contributed by atoms with Gasteiger partial charge in [0.25, 0.3) is 0 Å². The van der Waals surface area contributed by atoms with Crippen molar-refractivity contribution in [2.45, 2.75) is 25.8 Å². The van der Waals surface area contributed by atoms with Crippen molar-refractivity contribution in [2.75, 3.05) is 18.5 Å².